The summed E-state index contributed by atoms with van der Waals surface area (Å²) < 4.78 is 0. The van der Waals surface area contributed by atoms with Crippen LogP contribution in [-0.2, 0) is 14.4 Å². The Morgan fingerprint density at radius 2 is 1.10 bits per heavy atom. The Labute approximate surface area is 120 Å². The maximum atomic E-state index is 10.6. The predicted molar refractivity (Wildman–Crippen MR) is 76.5 cm³/mol. The van der Waals surface area contributed by atoms with Gasteiger partial charge in [-0.1, -0.05) is 18.2 Å². The van der Waals surface area contributed by atoms with Crippen molar-refractivity contribution < 1.29 is 29.7 Å². The fourth-order valence-corrected chi connectivity index (χ4v) is 1.56. The molecule has 6 heteroatoms. The third-order valence-corrected chi connectivity index (χ3v) is 2.38. The molecule has 108 valence electrons. The molecule has 0 bridgehead atoms. The fraction of sp³-hybridized carbons (Fsp3) is 0. The highest BCUT2D eigenvalue weighted by molar-refractivity contribution is 5.91. The molecule has 0 fully saturated rings. The van der Waals surface area contributed by atoms with Crippen molar-refractivity contribution in [2.45, 2.75) is 0 Å². The maximum absolute atomic E-state index is 10.6. The summed E-state index contributed by atoms with van der Waals surface area (Å²) in [7, 11) is 0. The van der Waals surface area contributed by atoms with Crippen molar-refractivity contribution in [1.82, 2.24) is 0 Å². The monoisotopic (exact) mass is 288 g/mol. The minimum atomic E-state index is -1.17. The Balaban J connectivity index is 3.36. The van der Waals surface area contributed by atoms with Crippen LogP contribution in [0.25, 0.3) is 18.2 Å². The number of hydrogen-bond acceptors (Lipinski definition) is 3. The van der Waals surface area contributed by atoms with Gasteiger partial charge in [-0.05, 0) is 34.9 Å². The molecular weight excluding hydrogens is 276 g/mol. The van der Waals surface area contributed by atoms with Crippen LogP contribution in [0.5, 0.6) is 0 Å². The standard InChI is InChI=1S/C15H12O6/c16-13(17)7-4-10-2-1-3-11(5-8-14(18)19)12(10)6-9-15(20)21/h1-9H,(H,16,17)(H,18,19)(H,20,21)/b7-4+,8-5+,9-6+. The zero-order valence-corrected chi connectivity index (χ0v) is 10.8. The van der Waals surface area contributed by atoms with Crippen LogP contribution in [0.2, 0.25) is 0 Å². The molecule has 0 saturated heterocycles. The first-order valence-electron chi connectivity index (χ1n) is 5.76. The third kappa shape index (κ3) is 5.56. The van der Waals surface area contributed by atoms with E-state index in [9.17, 15) is 14.4 Å². The van der Waals surface area contributed by atoms with Gasteiger partial charge in [-0.2, -0.15) is 0 Å². The Morgan fingerprint density at radius 3 is 1.48 bits per heavy atom. The lowest BCUT2D eigenvalue weighted by atomic mass is 9.99. The Kier molecular flexibility index (Phi) is 5.64. The Bertz CT molecular complexity index is 610. The van der Waals surface area contributed by atoms with Crippen LogP contribution in [0.15, 0.2) is 36.4 Å². The number of carboxylic acid groups (broad SMARTS) is 3. The molecule has 21 heavy (non-hydrogen) atoms. The topological polar surface area (TPSA) is 112 Å². The molecule has 0 aliphatic heterocycles. The zero-order chi connectivity index (χ0) is 15.8. The van der Waals surface area contributed by atoms with Crippen molar-refractivity contribution in [2.24, 2.45) is 0 Å². The van der Waals surface area contributed by atoms with E-state index in [0.29, 0.717) is 16.7 Å². The van der Waals surface area contributed by atoms with E-state index in [1.165, 1.54) is 18.2 Å². The lowest BCUT2D eigenvalue weighted by Crippen LogP contribution is -1.92. The summed E-state index contributed by atoms with van der Waals surface area (Å²) in [6, 6.07) is 4.80. The second kappa shape index (κ2) is 7.44. The van der Waals surface area contributed by atoms with Gasteiger partial charge in [0.15, 0.2) is 0 Å². The molecule has 0 atom stereocenters. The van der Waals surface area contributed by atoms with Crippen LogP contribution in [0.1, 0.15) is 16.7 Å². The number of benzene rings is 1. The van der Waals surface area contributed by atoms with Crippen LogP contribution in [-0.4, -0.2) is 33.2 Å². The molecule has 0 heterocycles. The summed E-state index contributed by atoms with van der Waals surface area (Å²) >= 11 is 0. The third-order valence-electron chi connectivity index (χ3n) is 2.38. The van der Waals surface area contributed by atoms with E-state index in [2.05, 4.69) is 0 Å². The zero-order valence-electron chi connectivity index (χ0n) is 10.8. The normalized spacial score (nSPS) is 11.4. The molecule has 0 saturated carbocycles. The number of rotatable bonds is 6. The summed E-state index contributed by atoms with van der Waals surface area (Å²) in [5, 5.41) is 26.0. The summed E-state index contributed by atoms with van der Waals surface area (Å²) in [6.07, 6.45) is 6.62. The van der Waals surface area contributed by atoms with E-state index in [1.807, 2.05) is 0 Å². The van der Waals surface area contributed by atoms with Crippen LogP contribution in [0, 0.1) is 0 Å². The van der Waals surface area contributed by atoms with Crippen molar-refractivity contribution in [3.05, 3.63) is 53.1 Å². The van der Waals surface area contributed by atoms with Gasteiger partial charge in [0.2, 0.25) is 0 Å². The first-order valence-corrected chi connectivity index (χ1v) is 5.76. The summed E-state index contributed by atoms with van der Waals surface area (Å²) in [4.78, 5) is 31.7. The molecule has 0 unspecified atom stereocenters. The van der Waals surface area contributed by atoms with Gasteiger partial charge in [0.25, 0.3) is 0 Å². The van der Waals surface area contributed by atoms with Gasteiger partial charge in [0.1, 0.15) is 0 Å². The highest BCUT2D eigenvalue weighted by Gasteiger charge is 2.03. The van der Waals surface area contributed by atoms with Crippen molar-refractivity contribution >= 4 is 36.1 Å². The van der Waals surface area contributed by atoms with E-state index < -0.39 is 17.9 Å². The molecule has 1 aromatic rings. The fourth-order valence-electron chi connectivity index (χ4n) is 1.56. The summed E-state index contributed by atoms with van der Waals surface area (Å²) in [5.41, 5.74) is 1.33. The van der Waals surface area contributed by atoms with Crippen molar-refractivity contribution in [1.29, 1.82) is 0 Å². The van der Waals surface area contributed by atoms with E-state index in [4.69, 9.17) is 15.3 Å². The second-order valence-corrected chi connectivity index (χ2v) is 3.86. The lowest BCUT2D eigenvalue weighted by molar-refractivity contribution is -0.132. The Morgan fingerprint density at radius 1 is 0.714 bits per heavy atom. The van der Waals surface area contributed by atoms with Gasteiger partial charge in [0, 0.05) is 18.2 Å². The van der Waals surface area contributed by atoms with Crippen molar-refractivity contribution in [3.8, 4) is 0 Å². The number of aliphatic carboxylic acids is 3. The second-order valence-electron chi connectivity index (χ2n) is 3.86. The van der Waals surface area contributed by atoms with E-state index in [0.717, 1.165) is 18.2 Å². The Hall–Kier alpha value is -3.15. The quantitative estimate of drug-likeness (QED) is 0.690. The minimum absolute atomic E-state index is 0.412. The smallest absolute Gasteiger partial charge is 0.328 e. The molecule has 3 N–H and O–H groups in total. The van der Waals surface area contributed by atoms with E-state index in [-0.39, 0.29) is 0 Å². The van der Waals surface area contributed by atoms with E-state index in [1.54, 1.807) is 18.2 Å². The lowest BCUT2D eigenvalue weighted by Gasteiger charge is -2.05. The van der Waals surface area contributed by atoms with Crippen LogP contribution in [0.3, 0.4) is 0 Å². The average Bonchev–Trinajstić information content (AvgIpc) is 2.40. The average molecular weight is 288 g/mol. The van der Waals surface area contributed by atoms with Crippen molar-refractivity contribution in [3.63, 3.8) is 0 Å². The number of carbonyl (C=O) groups is 3. The van der Waals surface area contributed by atoms with Gasteiger partial charge in [0.05, 0.1) is 0 Å². The first-order chi connectivity index (χ1) is 9.90. The summed E-state index contributed by atoms with van der Waals surface area (Å²) in [5.74, 6) is -3.45. The summed E-state index contributed by atoms with van der Waals surface area (Å²) in [6.45, 7) is 0. The number of hydrogen-bond donors (Lipinski definition) is 3. The molecular formula is C15H12O6. The van der Waals surface area contributed by atoms with Crippen LogP contribution < -0.4 is 0 Å². The molecule has 1 aromatic carbocycles. The van der Waals surface area contributed by atoms with Gasteiger partial charge >= 0.3 is 17.9 Å². The van der Waals surface area contributed by atoms with E-state index >= 15 is 0 Å². The molecule has 1 rings (SSSR count). The number of carboxylic acids is 3. The maximum Gasteiger partial charge on any atom is 0.328 e. The van der Waals surface area contributed by atoms with Crippen LogP contribution in [0.4, 0.5) is 0 Å². The molecule has 0 spiro atoms. The molecule has 6 nitrogen and oxygen atoms in total. The molecule has 0 radical (unpaired) electrons. The largest absolute Gasteiger partial charge is 0.478 e. The van der Waals surface area contributed by atoms with Gasteiger partial charge < -0.3 is 15.3 Å². The molecule has 0 aliphatic rings. The predicted octanol–water partition coefficient (Wildman–Crippen LogP) is 1.98. The highest BCUT2D eigenvalue weighted by Crippen LogP contribution is 2.20. The molecule has 0 amide bonds. The van der Waals surface area contributed by atoms with Crippen LogP contribution >= 0.6 is 0 Å². The van der Waals surface area contributed by atoms with Gasteiger partial charge in [-0.3, -0.25) is 0 Å². The first kappa shape index (κ1) is 15.9. The van der Waals surface area contributed by atoms with Crippen molar-refractivity contribution in [2.75, 3.05) is 0 Å². The molecule has 0 aliphatic carbocycles. The molecule has 0 aromatic heterocycles. The van der Waals surface area contributed by atoms with Gasteiger partial charge in [-0.25, -0.2) is 14.4 Å². The minimum Gasteiger partial charge on any atom is -0.478 e. The SMILES string of the molecule is O=C(O)/C=C/c1cccc(/C=C/C(=O)O)c1/C=C/C(=O)O. The highest BCUT2D eigenvalue weighted by atomic mass is 16.4. The van der Waals surface area contributed by atoms with Gasteiger partial charge in [-0.15, -0.1) is 0 Å².